The molecule has 0 bridgehead atoms. The number of carboxylic acids is 1. The molecule has 0 aliphatic heterocycles. The number of carbonyl (C=O) groups is 2. The molecule has 1 aromatic rings. The normalized spacial score (nSPS) is 11.8. The predicted molar refractivity (Wildman–Crippen MR) is 73.8 cm³/mol. The maximum atomic E-state index is 11.8. The Morgan fingerprint density at radius 3 is 2.55 bits per heavy atom. The van der Waals surface area contributed by atoms with Gasteiger partial charge in [0.15, 0.2) is 0 Å². The standard InChI is InChI=1S/C13H19N3O4/c1-8(2)10(6-12(17)18)16-13(19)15-9-4-5-11(20-3)14-7-9/h4-5,7-8,10H,6H2,1-3H3,(H,17,18)(H2,15,16,19). The molecule has 20 heavy (non-hydrogen) atoms. The number of urea groups is 1. The highest BCUT2D eigenvalue weighted by atomic mass is 16.5. The zero-order valence-corrected chi connectivity index (χ0v) is 11.7. The van der Waals surface area contributed by atoms with Gasteiger partial charge in [0.25, 0.3) is 0 Å². The monoisotopic (exact) mass is 281 g/mol. The molecule has 3 N–H and O–H groups in total. The second kappa shape index (κ2) is 7.32. The molecule has 1 atom stereocenters. The summed E-state index contributed by atoms with van der Waals surface area (Å²) in [7, 11) is 1.50. The van der Waals surface area contributed by atoms with Gasteiger partial charge in [0.05, 0.1) is 25.4 Å². The number of hydrogen-bond acceptors (Lipinski definition) is 4. The van der Waals surface area contributed by atoms with Gasteiger partial charge in [-0.25, -0.2) is 9.78 Å². The highest BCUT2D eigenvalue weighted by Gasteiger charge is 2.19. The molecule has 0 saturated carbocycles. The summed E-state index contributed by atoms with van der Waals surface area (Å²) in [5, 5.41) is 14.0. The van der Waals surface area contributed by atoms with Gasteiger partial charge >= 0.3 is 12.0 Å². The zero-order valence-electron chi connectivity index (χ0n) is 11.7. The van der Waals surface area contributed by atoms with Crippen LogP contribution in [0.15, 0.2) is 18.3 Å². The predicted octanol–water partition coefficient (Wildman–Crippen LogP) is 1.71. The number of nitrogens with zero attached hydrogens (tertiary/aromatic N) is 1. The Morgan fingerprint density at radius 1 is 1.40 bits per heavy atom. The smallest absolute Gasteiger partial charge is 0.319 e. The second-order valence-electron chi connectivity index (χ2n) is 4.64. The second-order valence-corrected chi connectivity index (χ2v) is 4.64. The number of anilines is 1. The van der Waals surface area contributed by atoms with E-state index < -0.39 is 18.0 Å². The van der Waals surface area contributed by atoms with Crippen molar-refractivity contribution in [2.24, 2.45) is 5.92 Å². The SMILES string of the molecule is COc1ccc(NC(=O)NC(CC(=O)O)C(C)C)cn1. The van der Waals surface area contributed by atoms with E-state index in [2.05, 4.69) is 15.6 Å². The molecule has 0 aliphatic rings. The first kappa shape index (κ1) is 15.7. The molecular weight excluding hydrogens is 262 g/mol. The number of ether oxygens (including phenoxy) is 1. The van der Waals surface area contributed by atoms with Crippen molar-refractivity contribution in [2.75, 3.05) is 12.4 Å². The summed E-state index contributed by atoms with van der Waals surface area (Å²) in [6.45, 7) is 3.70. The van der Waals surface area contributed by atoms with E-state index in [1.807, 2.05) is 13.8 Å². The van der Waals surface area contributed by atoms with Gasteiger partial charge in [0, 0.05) is 12.1 Å². The fourth-order valence-electron chi connectivity index (χ4n) is 1.55. The van der Waals surface area contributed by atoms with E-state index in [4.69, 9.17) is 9.84 Å². The number of aromatic nitrogens is 1. The average molecular weight is 281 g/mol. The minimum atomic E-state index is -0.949. The lowest BCUT2D eigenvalue weighted by molar-refractivity contribution is -0.137. The summed E-state index contributed by atoms with van der Waals surface area (Å²) in [6, 6.07) is 2.37. The number of amides is 2. The van der Waals surface area contributed by atoms with Crippen molar-refractivity contribution in [3.8, 4) is 5.88 Å². The largest absolute Gasteiger partial charge is 0.481 e. The van der Waals surface area contributed by atoms with Crippen LogP contribution in [0.5, 0.6) is 5.88 Å². The lowest BCUT2D eigenvalue weighted by atomic mass is 10.0. The summed E-state index contributed by atoms with van der Waals surface area (Å²) in [5.74, 6) is -0.483. The van der Waals surface area contributed by atoms with Gasteiger partial charge in [-0.2, -0.15) is 0 Å². The molecule has 2 amide bonds. The fourth-order valence-corrected chi connectivity index (χ4v) is 1.55. The Morgan fingerprint density at radius 2 is 2.10 bits per heavy atom. The van der Waals surface area contributed by atoms with Crippen molar-refractivity contribution in [1.82, 2.24) is 10.3 Å². The van der Waals surface area contributed by atoms with Crippen LogP contribution < -0.4 is 15.4 Å². The number of hydrogen-bond donors (Lipinski definition) is 3. The topological polar surface area (TPSA) is 101 Å². The van der Waals surface area contributed by atoms with E-state index >= 15 is 0 Å². The highest BCUT2D eigenvalue weighted by molar-refractivity contribution is 5.89. The van der Waals surface area contributed by atoms with Gasteiger partial charge in [-0.1, -0.05) is 13.8 Å². The molecule has 0 fully saturated rings. The Kier molecular flexibility index (Phi) is 5.76. The Bertz CT molecular complexity index is 459. The molecule has 1 heterocycles. The van der Waals surface area contributed by atoms with Crippen LogP contribution in [0, 0.1) is 5.92 Å². The van der Waals surface area contributed by atoms with Crippen molar-refractivity contribution in [1.29, 1.82) is 0 Å². The number of rotatable bonds is 6. The summed E-state index contributed by atoms with van der Waals surface area (Å²) >= 11 is 0. The maximum absolute atomic E-state index is 11.8. The highest BCUT2D eigenvalue weighted by Crippen LogP contribution is 2.11. The van der Waals surface area contributed by atoms with Gasteiger partial charge in [0.2, 0.25) is 5.88 Å². The van der Waals surface area contributed by atoms with Gasteiger partial charge in [0.1, 0.15) is 0 Å². The van der Waals surface area contributed by atoms with Gasteiger partial charge in [-0.05, 0) is 12.0 Å². The van der Waals surface area contributed by atoms with Crippen LogP contribution in [-0.4, -0.2) is 35.2 Å². The number of nitrogens with one attached hydrogen (secondary N) is 2. The quantitative estimate of drug-likeness (QED) is 0.737. The van der Waals surface area contributed by atoms with E-state index in [0.717, 1.165) is 0 Å². The first-order valence-corrected chi connectivity index (χ1v) is 6.21. The first-order chi connectivity index (χ1) is 9.42. The molecule has 0 saturated heterocycles. The number of methoxy groups -OCH3 is 1. The third-order valence-corrected chi connectivity index (χ3v) is 2.72. The summed E-state index contributed by atoms with van der Waals surface area (Å²) in [5.41, 5.74) is 0.501. The van der Waals surface area contributed by atoms with Crippen molar-refractivity contribution < 1.29 is 19.4 Å². The van der Waals surface area contributed by atoms with Crippen molar-refractivity contribution in [3.63, 3.8) is 0 Å². The van der Waals surface area contributed by atoms with Crippen LogP contribution in [-0.2, 0) is 4.79 Å². The van der Waals surface area contributed by atoms with E-state index in [1.54, 1.807) is 12.1 Å². The van der Waals surface area contributed by atoms with Crippen LogP contribution in [0.1, 0.15) is 20.3 Å². The van der Waals surface area contributed by atoms with Crippen LogP contribution in [0.2, 0.25) is 0 Å². The lowest BCUT2D eigenvalue weighted by Gasteiger charge is -2.20. The Labute approximate surface area is 117 Å². The third kappa shape index (κ3) is 5.13. The molecule has 110 valence electrons. The molecule has 0 aliphatic carbocycles. The van der Waals surface area contributed by atoms with Crippen LogP contribution in [0.3, 0.4) is 0 Å². The Hall–Kier alpha value is -2.31. The molecule has 1 rings (SSSR count). The summed E-state index contributed by atoms with van der Waals surface area (Å²) < 4.78 is 4.91. The lowest BCUT2D eigenvalue weighted by Crippen LogP contribution is -2.42. The number of pyridine rings is 1. The third-order valence-electron chi connectivity index (χ3n) is 2.72. The first-order valence-electron chi connectivity index (χ1n) is 6.21. The number of carbonyl (C=O) groups excluding carboxylic acids is 1. The maximum Gasteiger partial charge on any atom is 0.319 e. The molecular formula is C13H19N3O4. The van der Waals surface area contributed by atoms with Crippen LogP contribution >= 0.6 is 0 Å². The van der Waals surface area contributed by atoms with Crippen molar-refractivity contribution in [2.45, 2.75) is 26.3 Å². The van der Waals surface area contributed by atoms with Crippen LogP contribution in [0.4, 0.5) is 10.5 Å². The van der Waals surface area contributed by atoms with Crippen molar-refractivity contribution in [3.05, 3.63) is 18.3 Å². The summed E-state index contributed by atoms with van der Waals surface area (Å²) in [6.07, 6.45) is 1.34. The average Bonchev–Trinajstić information content (AvgIpc) is 2.38. The van der Waals surface area contributed by atoms with Gasteiger partial charge in [-0.15, -0.1) is 0 Å². The fraction of sp³-hybridized carbons (Fsp3) is 0.462. The van der Waals surface area contributed by atoms with E-state index in [0.29, 0.717) is 11.6 Å². The molecule has 0 aromatic carbocycles. The Balaban J connectivity index is 2.58. The van der Waals surface area contributed by atoms with Gasteiger partial charge < -0.3 is 20.5 Å². The minimum absolute atomic E-state index is 0.0193. The molecule has 0 spiro atoms. The van der Waals surface area contributed by atoms with E-state index in [-0.39, 0.29) is 12.3 Å². The zero-order chi connectivity index (χ0) is 15.1. The van der Waals surface area contributed by atoms with E-state index in [1.165, 1.54) is 13.3 Å². The molecule has 7 heteroatoms. The molecule has 0 radical (unpaired) electrons. The van der Waals surface area contributed by atoms with Gasteiger partial charge in [-0.3, -0.25) is 4.79 Å². The number of carboxylic acid groups (broad SMARTS) is 1. The van der Waals surface area contributed by atoms with Crippen molar-refractivity contribution >= 4 is 17.7 Å². The minimum Gasteiger partial charge on any atom is -0.481 e. The number of aliphatic carboxylic acids is 1. The molecule has 1 unspecified atom stereocenters. The van der Waals surface area contributed by atoms with Crippen LogP contribution in [0.25, 0.3) is 0 Å². The summed E-state index contributed by atoms with van der Waals surface area (Å²) in [4.78, 5) is 26.5. The van der Waals surface area contributed by atoms with E-state index in [9.17, 15) is 9.59 Å². The molecule has 1 aromatic heterocycles. The molecule has 7 nitrogen and oxygen atoms in total.